The number of anilines is 1. The Morgan fingerprint density at radius 2 is 1.52 bits per heavy atom. The SMILES string of the molecule is Cc1ccc(NC(=O)c2cc(-c3ccc(Cl)cc3)n(-c3ccccc3)c2C)cc1. The topological polar surface area (TPSA) is 34.0 Å². The summed E-state index contributed by atoms with van der Waals surface area (Å²) >= 11 is 6.07. The van der Waals surface area contributed by atoms with E-state index in [1.54, 1.807) is 0 Å². The summed E-state index contributed by atoms with van der Waals surface area (Å²) in [4.78, 5) is 13.1. The lowest BCUT2D eigenvalue weighted by Crippen LogP contribution is -2.13. The van der Waals surface area contributed by atoms with E-state index in [9.17, 15) is 4.79 Å². The van der Waals surface area contributed by atoms with Gasteiger partial charge in [0.15, 0.2) is 0 Å². The van der Waals surface area contributed by atoms with Crippen LogP contribution in [0.4, 0.5) is 5.69 Å². The van der Waals surface area contributed by atoms with E-state index in [0.29, 0.717) is 10.6 Å². The Kier molecular flexibility index (Phi) is 5.24. The number of hydrogen-bond donors (Lipinski definition) is 1. The maximum atomic E-state index is 13.1. The molecule has 0 atom stereocenters. The highest BCUT2D eigenvalue weighted by Gasteiger charge is 2.19. The van der Waals surface area contributed by atoms with E-state index >= 15 is 0 Å². The van der Waals surface area contributed by atoms with Crippen LogP contribution in [0.25, 0.3) is 16.9 Å². The van der Waals surface area contributed by atoms with Gasteiger partial charge < -0.3 is 9.88 Å². The van der Waals surface area contributed by atoms with Gasteiger partial charge in [-0.2, -0.15) is 0 Å². The number of nitrogens with zero attached hydrogens (tertiary/aromatic N) is 1. The number of benzene rings is 3. The third kappa shape index (κ3) is 3.96. The largest absolute Gasteiger partial charge is 0.322 e. The number of aryl methyl sites for hydroxylation is 1. The molecule has 144 valence electrons. The third-order valence-electron chi connectivity index (χ3n) is 4.96. The molecule has 1 amide bonds. The Labute approximate surface area is 175 Å². The Hall–Kier alpha value is -3.30. The highest BCUT2D eigenvalue weighted by atomic mass is 35.5. The van der Waals surface area contributed by atoms with E-state index in [1.807, 2.05) is 98.8 Å². The van der Waals surface area contributed by atoms with E-state index in [1.165, 1.54) is 0 Å². The second-order valence-corrected chi connectivity index (χ2v) is 7.46. The van der Waals surface area contributed by atoms with Gasteiger partial charge in [-0.05, 0) is 61.9 Å². The van der Waals surface area contributed by atoms with Crippen LogP contribution in [0.2, 0.25) is 5.02 Å². The fourth-order valence-corrected chi connectivity index (χ4v) is 3.54. The molecule has 0 aliphatic rings. The average molecular weight is 401 g/mol. The maximum absolute atomic E-state index is 13.1. The number of nitrogens with one attached hydrogen (secondary N) is 1. The standard InChI is InChI=1S/C25H21ClN2O/c1-17-8-14-21(15-9-17)27-25(29)23-16-24(19-10-12-20(26)13-11-19)28(18(23)2)22-6-4-3-5-7-22/h3-16H,1-2H3,(H,27,29). The number of carbonyl (C=O) groups excluding carboxylic acids is 1. The molecular formula is C25H21ClN2O. The number of carbonyl (C=O) groups is 1. The van der Waals surface area contributed by atoms with Gasteiger partial charge in [-0.3, -0.25) is 4.79 Å². The summed E-state index contributed by atoms with van der Waals surface area (Å²) in [7, 11) is 0. The molecule has 0 saturated heterocycles. The zero-order valence-electron chi connectivity index (χ0n) is 16.3. The van der Waals surface area contributed by atoms with Crippen molar-refractivity contribution < 1.29 is 4.79 Å². The number of para-hydroxylation sites is 1. The van der Waals surface area contributed by atoms with Crippen LogP contribution in [-0.2, 0) is 0 Å². The molecule has 0 fully saturated rings. The fraction of sp³-hybridized carbons (Fsp3) is 0.0800. The first-order valence-electron chi connectivity index (χ1n) is 9.44. The lowest BCUT2D eigenvalue weighted by molar-refractivity contribution is 0.102. The van der Waals surface area contributed by atoms with Crippen molar-refractivity contribution >= 4 is 23.2 Å². The molecule has 0 saturated carbocycles. The zero-order valence-corrected chi connectivity index (χ0v) is 17.1. The van der Waals surface area contributed by atoms with Crippen molar-refractivity contribution in [1.82, 2.24) is 4.57 Å². The molecule has 0 spiro atoms. The van der Waals surface area contributed by atoms with Crippen LogP contribution in [-0.4, -0.2) is 10.5 Å². The van der Waals surface area contributed by atoms with Gasteiger partial charge in [0.2, 0.25) is 0 Å². The minimum Gasteiger partial charge on any atom is -0.322 e. The first-order valence-corrected chi connectivity index (χ1v) is 9.82. The van der Waals surface area contributed by atoms with Crippen LogP contribution >= 0.6 is 11.6 Å². The molecule has 1 aromatic heterocycles. The molecule has 4 aromatic rings. The molecular weight excluding hydrogens is 380 g/mol. The van der Waals surface area contributed by atoms with Crippen LogP contribution < -0.4 is 5.32 Å². The van der Waals surface area contributed by atoms with Gasteiger partial charge in [-0.25, -0.2) is 0 Å². The molecule has 3 aromatic carbocycles. The lowest BCUT2D eigenvalue weighted by atomic mass is 10.1. The van der Waals surface area contributed by atoms with Gasteiger partial charge in [0.05, 0.1) is 11.3 Å². The summed E-state index contributed by atoms with van der Waals surface area (Å²) < 4.78 is 2.10. The molecule has 0 aliphatic heterocycles. The van der Waals surface area contributed by atoms with Crippen molar-refractivity contribution in [3.8, 4) is 16.9 Å². The summed E-state index contributed by atoms with van der Waals surface area (Å²) in [5.74, 6) is -0.128. The molecule has 3 nitrogen and oxygen atoms in total. The molecule has 0 radical (unpaired) electrons. The Bertz CT molecular complexity index is 1140. The van der Waals surface area contributed by atoms with Crippen LogP contribution in [0.3, 0.4) is 0 Å². The van der Waals surface area contributed by atoms with Crippen molar-refractivity contribution in [3.05, 3.63) is 107 Å². The van der Waals surface area contributed by atoms with E-state index in [-0.39, 0.29) is 5.91 Å². The monoisotopic (exact) mass is 400 g/mol. The molecule has 0 bridgehead atoms. The van der Waals surface area contributed by atoms with Crippen molar-refractivity contribution in [1.29, 1.82) is 0 Å². The molecule has 1 heterocycles. The number of hydrogen-bond acceptors (Lipinski definition) is 1. The Balaban J connectivity index is 1.80. The lowest BCUT2D eigenvalue weighted by Gasteiger charge is -2.12. The van der Waals surface area contributed by atoms with Crippen molar-refractivity contribution in [2.45, 2.75) is 13.8 Å². The van der Waals surface area contributed by atoms with Crippen molar-refractivity contribution in [3.63, 3.8) is 0 Å². The van der Waals surface area contributed by atoms with E-state index in [4.69, 9.17) is 11.6 Å². The predicted molar refractivity (Wildman–Crippen MR) is 120 cm³/mol. The molecule has 4 heteroatoms. The second kappa shape index (κ2) is 7.98. The Morgan fingerprint density at radius 1 is 0.862 bits per heavy atom. The van der Waals surface area contributed by atoms with Gasteiger partial charge in [0.1, 0.15) is 0 Å². The smallest absolute Gasteiger partial charge is 0.257 e. The van der Waals surface area contributed by atoms with Gasteiger partial charge in [0.25, 0.3) is 5.91 Å². The first-order chi connectivity index (χ1) is 14.0. The molecule has 4 rings (SSSR count). The molecule has 0 aliphatic carbocycles. The summed E-state index contributed by atoms with van der Waals surface area (Å²) in [6.07, 6.45) is 0. The number of amides is 1. The molecule has 1 N–H and O–H groups in total. The van der Waals surface area contributed by atoms with Crippen molar-refractivity contribution in [2.24, 2.45) is 0 Å². The van der Waals surface area contributed by atoms with Gasteiger partial charge in [-0.15, -0.1) is 0 Å². The average Bonchev–Trinajstić information content (AvgIpc) is 3.08. The van der Waals surface area contributed by atoms with Gasteiger partial charge >= 0.3 is 0 Å². The maximum Gasteiger partial charge on any atom is 0.257 e. The fourth-order valence-electron chi connectivity index (χ4n) is 3.41. The van der Waals surface area contributed by atoms with Crippen LogP contribution in [0.1, 0.15) is 21.6 Å². The summed E-state index contributed by atoms with van der Waals surface area (Å²) in [6, 6.07) is 27.4. The van der Waals surface area contributed by atoms with E-state index in [0.717, 1.165) is 33.9 Å². The summed E-state index contributed by atoms with van der Waals surface area (Å²) in [5.41, 5.74) is 6.39. The van der Waals surface area contributed by atoms with Gasteiger partial charge in [0, 0.05) is 22.1 Å². The highest BCUT2D eigenvalue weighted by Crippen LogP contribution is 2.30. The Morgan fingerprint density at radius 3 is 2.17 bits per heavy atom. The predicted octanol–water partition coefficient (Wildman–Crippen LogP) is 6.67. The van der Waals surface area contributed by atoms with E-state index < -0.39 is 0 Å². The molecule has 29 heavy (non-hydrogen) atoms. The third-order valence-corrected chi connectivity index (χ3v) is 5.21. The number of aromatic nitrogens is 1. The first kappa shape index (κ1) is 19.0. The van der Waals surface area contributed by atoms with Crippen LogP contribution in [0, 0.1) is 13.8 Å². The zero-order chi connectivity index (χ0) is 20.4. The summed E-state index contributed by atoms with van der Waals surface area (Å²) in [5, 5.41) is 3.69. The van der Waals surface area contributed by atoms with Crippen LogP contribution in [0.5, 0.6) is 0 Å². The highest BCUT2D eigenvalue weighted by molar-refractivity contribution is 6.30. The van der Waals surface area contributed by atoms with Crippen molar-refractivity contribution in [2.75, 3.05) is 5.32 Å². The normalized spacial score (nSPS) is 10.7. The minimum atomic E-state index is -0.128. The van der Waals surface area contributed by atoms with Crippen LogP contribution in [0.15, 0.2) is 84.9 Å². The van der Waals surface area contributed by atoms with E-state index in [2.05, 4.69) is 9.88 Å². The number of rotatable bonds is 4. The minimum absolute atomic E-state index is 0.128. The number of halogens is 1. The summed E-state index contributed by atoms with van der Waals surface area (Å²) in [6.45, 7) is 3.99. The van der Waals surface area contributed by atoms with Gasteiger partial charge in [-0.1, -0.05) is 59.6 Å². The quantitative estimate of drug-likeness (QED) is 0.408. The molecule has 0 unspecified atom stereocenters. The second-order valence-electron chi connectivity index (χ2n) is 7.03.